The molecule has 3 aromatic rings. The number of aliphatic imine (C=N–C) groups is 1. The molecule has 8 nitrogen and oxygen atoms in total. The van der Waals surface area contributed by atoms with Gasteiger partial charge >= 0.3 is 0 Å². The van der Waals surface area contributed by atoms with E-state index in [9.17, 15) is 14.9 Å². The van der Waals surface area contributed by atoms with Crippen LogP contribution in [0.2, 0.25) is 0 Å². The summed E-state index contributed by atoms with van der Waals surface area (Å²) in [5.74, 6) is 0.780. The largest absolute Gasteiger partial charge is 0.493 e. The highest BCUT2D eigenvalue weighted by Gasteiger charge is 2.33. The molecule has 1 amide bonds. The third kappa shape index (κ3) is 4.22. The molecule has 34 heavy (non-hydrogen) atoms. The summed E-state index contributed by atoms with van der Waals surface area (Å²) >= 11 is 0. The van der Waals surface area contributed by atoms with E-state index in [0.717, 1.165) is 11.1 Å². The minimum Gasteiger partial charge on any atom is -0.493 e. The maximum absolute atomic E-state index is 13.7. The molecule has 0 aliphatic carbocycles. The van der Waals surface area contributed by atoms with Gasteiger partial charge in [0.2, 0.25) is 0 Å². The summed E-state index contributed by atoms with van der Waals surface area (Å²) in [6, 6.07) is 18.8. The van der Waals surface area contributed by atoms with Gasteiger partial charge in [0, 0.05) is 41.8 Å². The van der Waals surface area contributed by atoms with E-state index >= 15 is 0 Å². The van der Waals surface area contributed by atoms with E-state index in [0.29, 0.717) is 35.0 Å². The van der Waals surface area contributed by atoms with Crippen molar-refractivity contribution in [1.29, 1.82) is 0 Å². The van der Waals surface area contributed by atoms with Crippen molar-refractivity contribution < 1.29 is 19.2 Å². The standard InChI is InChI=1S/C26H25N3O5/c1-4-28-22-16-24(34-3)23(33-2)15-19(22)25(17-10-6-5-7-11-17)27-20(26(28)30)14-18-12-8-9-13-21(18)29(31)32/h5-13,15-16,20H,4,14H2,1-3H3. The molecule has 0 radical (unpaired) electrons. The van der Waals surface area contributed by atoms with Crippen molar-refractivity contribution in [2.75, 3.05) is 25.7 Å². The summed E-state index contributed by atoms with van der Waals surface area (Å²) in [5.41, 5.74) is 3.25. The number of anilines is 1. The Balaban J connectivity index is 1.93. The molecular formula is C26H25N3O5. The Morgan fingerprint density at radius 1 is 1.00 bits per heavy atom. The number of carbonyl (C=O) groups is 1. The van der Waals surface area contributed by atoms with Gasteiger partial charge in [-0.2, -0.15) is 0 Å². The molecule has 0 fully saturated rings. The smallest absolute Gasteiger partial charge is 0.272 e. The third-order valence-corrected chi connectivity index (χ3v) is 5.85. The van der Waals surface area contributed by atoms with E-state index in [2.05, 4.69) is 0 Å². The second kappa shape index (κ2) is 9.74. The Hall–Kier alpha value is -4.20. The first kappa shape index (κ1) is 23.0. The summed E-state index contributed by atoms with van der Waals surface area (Å²) in [7, 11) is 3.10. The van der Waals surface area contributed by atoms with Gasteiger partial charge in [-0.1, -0.05) is 48.5 Å². The molecule has 0 saturated carbocycles. The molecule has 1 atom stereocenters. The number of fused-ring (bicyclic) bond motifs is 1. The molecule has 0 aromatic heterocycles. The number of hydrogen-bond donors (Lipinski definition) is 0. The average Bonchev–Trinajstić information content (AvgIpc) is 2.97. The lowest BCUT2D eigenvalue weighted by Gasteiger charge is -2.25. The number of likely N-dealkylation sites (N-methyl/N-ethyl adjacent to an activating group) is 1. The molecule has 0 bridgehead atoms. The van der Waals surface area contributed by atoms with Crippen LogP contribution in [0.25, 0.3) is 0 Å². The van der Waals surface area contributed by atoms with Gasteiger partial charge in [-0.05, 0) is 13.0 Å². The van der Waals surface area contributed by atoms with Crippen LogP contribution in [0.1, 0.15) is 23.6 Å². The van der Waals surface area contributed by atoms with Crippen molar-refractivity contribution in [3.05, 3.63) is 93.5 Å². The van der Waals surface area contributed by atoms with Crippen LogP contribution in [0.5, 0.6) is 11.5 Å². The minimum absolute atomic E-state index is 0.0279. The molecule has 4 rings (SSSR count). The number of para-hydroxylation sites is 1. The zero-order valence-electron chi connectivity index (χ0n) is 19.2. The average molecular weight is 460 g/mol. The fourth-order valence-electron chi connectivity index (χ4n) is 4.22. The summed E-state index contributed by atoms with van der Waals surface area (Å²) in [6.07, 6.45) is 0.102. The van der Waals surface area contributed by atoms with E-state index in [-0.39, 0.29) is 18.0 Å². The molecule has 0 spiro atoms. The number of nitro groups is 1. The van der Waals surface area contributed by atoms with E-state index in [1.54, 1.807) is 43.4 Å². The van der Waals surface area contributed by atoms with Crippen molar-refractivity contribution in [3.8, 4) is 11.5 Å². The van der Waals surface area contributed by atoms with Crippen LogP contribution >= 0.6 is 0 Å². The zero-order chi connectivity index (χ0) is 24.2. The first-order valence-corrected chi connectivity index (χ1v) is 10.9. The Morgan fingerprint density at radius 3 is 2.29 bits per heavy atom. The lowest BCUT2D eigenvalue weighted by atomic mass is 9.99. The lowest BCUT2D eigenvalue weighted by Crippen LogP contribution is -2.38. The van der Waals surface area contributed by atoms with Crippen LogP contribution in [-0.4, -0.2) is 43.3 Å². The highest BCUT2D eigenvalue weighted by atomic mass is 16.6. The van der Waals surface area contributed by atoms with Gasteiger partial charge in [0.15, 0.2) is 11.5 Å². The second-order valence-electron chi connectivity index (χ2n) is 7.76. The molecule has 1 aliphatic rings. The van der Waals surface area contributed by atoms with E-state index in [1.165, 1.54) is 6.07 Å². The van der Waals surface area contributed by atoms with Gasteiger partial charge < -0.3 is 14.4 Å². The van der Waals surface area contributed by atoms with E-state index < -0.39 is 11.0 Å². The molecule has 174 valence electrons. The molecule has 1 unspecified atom stereocenters. The van der Waals surface area contributed by atoms with Crippen LogP contribution in [0.4, 0.5) is 11.4 Å². The number of carbonyl (C=O) groups excluding carboxylic acids is 1. The van der Waals surface area contributed by atoms with Gasteiger partial charge in [-0.25, -0.2) is 0 Å². The third-order valence-electron chi connectivity index (χ3n) is 5.85. The Labute approximate surface area is 197 Å². The number of methoxy groups -OCH3 is 2. The topological polar surface area (TPSA) is 94.3 Å². The number of nitro benzene ring substituents is 1. The molecule has 3 aromatic carbocycles. The number of benzodiazepines with no additional fused rings is 1. The summed E-state index contributed by atoms with van der Waals surface area (Å²) in [5, 5.41) is 11.6. The first-order chi connectivity index (χ1) is 16.5. The SMILES string of the molecule is CCN1C(=O)C(Cc2ccccc2[N+](=O)[O-])N=C(c2ccccc2)c2cc(OC)c(OC)cc21. The van der Waals surface area contributed by atoms with Gasteiger partial charge in [0.05, 0.1) is 30.5 Å². The van der Waals surface area contributed by atoms with E-state index in [1.807, 2.05) is 43.3 Å². The minimum atomic E-state index is -0.847. The maximum Gasteiger partial charge on any atom is 0.272 e. The monoisotopic (exact) mass is 459 g/mol. The van der Waals surface area contributed by atoms with Crippen molar-refractivity contribution in [2.24, 2.45) is 4.99 Å². The normalized spacial score (nSPS) is 15.3. The number of amides is 1. The zero-order valence-corrected chi connectivity index (χ0v) is 19.2. The van der Waals surface area contributed by atoms with E-state index in [4.69, 9.17) is 14.5 Å². The van der Waals surface area contributed by atoms with Gasteiger partial charge in [0.1, 0.15) is 6.04 Å². The number of benzene rings is 3. The molecule has 0 saturated heterocycles. The fourth-order valence-corrected chi connectivity index (χ4v) is 4.22. The quantitative estimate of drug-likeness (QED) is 0.385. The number of rotatable bonds is 7. The van der Waals surface area contributed by atoms with Crippen molar-refractivity contribution >= 4 is 23.0 Å². The molecular weight excluding hydrogens is 434 g/mol. The predicted molar refractivity (Wildman–Crippen MR) is 130 cm³/mol. The number of ether oxygens (including phenoxy) is 2. The number of hydrogen-bond acceptors (Lipinski definition) is 6. The van der Waals surface area contributed by atoms with Crippen molar-refractivity contribution in [2.45, 2.75) is 19.4 Å². The van der Waals surface area contributed by atoms with Crippen LogP contribution in [0.3, 0.4) is 0 Å². The van der Waals surface area contributed by atoms with Gasteiger partial charge in [-0.15, -0.1) is 0 Å². The molecule has 1 aliphatic heterocycles. The second-order valence-corrected chi connectivity index (χ2v) is 7.76. The number of nitrogens with zero attached hydrogens (tertiary/aromatic N) is 3. The Kier molecular flexibility index (Phi) is 6.58. The highest BCUT2D eigenvalue weighted by molar-refractivity contribution is 6.20. The lowest BCUT2D eigenvalue weighted by molar-refractivity contribution is -0.385. The highest BCUT2D eigenvalue weighted by Crippen LogP contribution is 2.39. The first-order valence-electron chi connectivity index (χ1n) is 10.9. The predicted octanol–water partition coefficient (Wildman–Crippen LogP) is 4.43. The molecule has 8 heteroatoms. The van der Waals surface area contributed by atoms with Crippen LogP contribution in [0, 0.1) is 10.1 Å². The molecule has 0 N–H and O–H groups in total. The van der Waals surface area contributed by atoms with Crippen LogP contribution in [-0.2, 0) is 11.2 Å². The fraction of sp³-hybridized carbons (Fsp3) is 0.231. The molecule has 1 heterocycles. The van der Waals surface area contributed by atoms with Crippen LogP contribution < -0.4 is 14.4 Å². The summed E-state index contributed by atoms with van der Waals surface area (Å²) in [4.78, 5) is 31.4. The van der Waals surface area contributed by atoms with Crippen molar-refractivity contribution in [3.63, 3.8) is 0 Å². The maximum atomic E-state index is 13.7. The van der Waals surface area contributed by atoms with Crippen molar-refractivity contribution in [1.82, 2.24) is 0 Å². The van der Waals surface area contributed by atoms with Crippen LogP contribution in [0.15, 0.2) is 71.7 Å². The van der Waals surface area contributed by atoms with Gasteiger partial charge in [0.25, 0.3) is 11.6 Å². The summed E-state index contributed by atoms with van der Waals surface area (Å²) < 4.78 is 11.0. The Bertz CT molecular complexity index is 1260. The van der Waals surface area contributed by atoms with Gasteiger partial charge in [-0.3, -0.25) is 19.9 Å². The Morgan fingerprint density at radius 2 is 1.65 bits per heavy atom. The summed E-state index contributed by atoms with van der Waals surface area (Å²) in [6.45, 7) is 2.28.